The van der Waals surface area contributed by atoms with Gasteiger partial charge in [-0.3, -0.25) is 14.4 Å². The van der Waals surface area contributed by atoms with E-state index in [9.17, 15) is 14.4 Å². The number of ketones is 1. The molecule has 3 rings (SSSR count). The average Bonchev–Trinajstić information content (AvgIpc) is 3.21. The minimum Gasteiger partial charge on any atom is -0.494 e. The number of aromatic nitrogens is 1. The lowest BCUT2D eigenvalue weighted by Gasteiger charge is -2.07. The fraction of sp³-hybridized carbons (Fsp3) is 0.261. The van der Waals surface area contributed by atoms with Gasteiger partial charge in [-0.15, -0.1) is 0 Å². The van der Waals surface area contributed by atoms with Crippen molar-refractivity contribution in [1.29, 1.82) is 0 Å². The maximum atomic E-state index is 12.5. The number of esters is 1. The molecular weight excluding hydrogens is 384 g/mol. The van der Waals surface area contributed by atoms with Crippen LogP contribution in [0.4, 0.5) is 0 Å². The third kappa shape index (κ3) is 4.86. The van der Waals surface area contributed by atoms with Crippen molar-refractivity contribution in [2.75, 3.05) is 19.8 Å². The number of fused-ring (bicyclic) bond motifs is 1. The first-order valence-corrected chi connectivity index (χ1v) is 9.82. The van der Waals surface area contributed by atoms with Crippen LogP contribution in [-0.4, -0.2) is 42.4 Å². The number of rotatable bonds is 9. The number of carbonyl (C=O) groups excluding carboxylic acids is 3. The normalized spacial score (nSPS) is 10.6. The third-order valence-electron chi connectivity index (χ3n) is 4.67. The van der Waals surface area contributed by atoms with Crippen LogP contribution in [0.1, 0.15) is 40.1 Å². The lowest BCUT2D eigenvalue weighted by molar-refractivity contribution is -0.141. The molecular formula is C23H24N2O5. The molecule has 1 amide bonds. The number of hydrogen-bond donors (Lipinski definition) is 2. The van der Waals surface area contributed by atoms with E-state index in [1.807, 2.05) is 32.0 Å². The first kappa shape index (κ1) is 21.1. The Balaban J connectivity index is 1.51. The summed E-state index contributed by atoms with van der Waals surface area (Å²) in [7, 11) is 0. The summed E-state index contributed by atoms with van der Waals surface area (Å²) < 4.78 is 10.4. The van der Waals surface area contributed by atoms with Crippen molar-refractivity contribution in [2.45, 2.75) is 20.3 Å². The summed E-state index contributed by atoms with van der Waals surface area (Å²) in [6.45, 7) is 3.74. The largest absolute Gasteiger partial charge is 0.494 e. The Morgan fingerprint density at radius 3 is 2.50 bits per heavy atom. The van der Waals surface area contributed by atoms with E-state index in [1.165, 1.54) is 0 Å². The molecule has 1 heterocycles. The quantitative estimate of drug-likeness (QED) is 0.418. The molecule has 156 valence electrons. The molecule has 3 aromatic rings. The van der Waals surface area contributed by atoms with Crippen molar-refractivity contribution in [3.63, 3.8) is 0 Å². The molecule has 30 heavy (non-hydrogen) atoms. The molecule has 0 atom stereocenters. The van der Waals surface area contributed by atoms with Crippen molar-refractivity contribution >= 4 is 28.6 Å². The van der Waals surface area contributed by atoms with Crippen LogP contribution in [0, 0.1) is 0 Å². The second kappa shape index (κ2) is 9.73. The van der Waals surface area contributed by atoms with E-state index in [2.05, 4.69) is 10.3 Å². The van der Waals surface area contributed by atoms with Gasteiger partial charge in [0.05, 0.1) is 6.61 Å². The minimum absolute atomic E-state index is 0.305. The van der Waals surface area contributed by atoms with Crippen LogP contribution >= 0.6 is 0 Å². The summed E-state index contributed by atoms with van der Waals surface area (Å²) in [6, 6.07) is 12.3. The van der Waals surface area contributed by atoms with Crippen LogP contribution in [-0.2, 0) is 16.0 Å². The fourth-order valence-corrected chi connectivity index (χ4v) is 3.14. The highest BCUT2D eigenvalue weighted by atomic mass is 16.5. The Morgan fingerprint density at radius 1 is 1.03 bits per heavy atom. The topological polar surface area (TPSA) is 97.5 Å². The van der Waals surface area contributed by atoms with Gasteiger partial charge in [-0.1, -0.05) is 25.1 Å². The first-order chi connectivity index (χ1) is 14.5. The molecule has 0 radical (unpaired) electrons. The van der Waals surface area contributed by atoms with E-state index in [4.69, 9.17) is 9.47 Å². The molecule has 0 aliphatic carbocycles. The lowest BCUT2D eigenvalue weighted by atomic mass is 10.1. The maximum Gasteiger partial charge on any atom is 0.325 e. The fourth-order valence-electron chi connectivity index (χ4n) is 3.14. The molecule has 0 aliphatic heterocycles. The highest BCUT2D eigenvalue weighted by Crippen LogP contribution is 2.22. The summed E-state index contributed by atoms with van der Waals surface area (Å²) >= 11 is 0. The molecule has 2 N–H and O–H groups in total. The molecule has 0 aliphatic rings. The molecule has 0 unspecified atom stereocenters. The van der Waals surface area contributed by atoms with Gasteiger partial charge in [-0.25, -0.2) is 0 Å². The maximum absolute atomic E-state index is 12.5. The molecule has 0 bridgehead atoms. The highest BCUT2D eigenvalue weighted by molar-refractivity contribution is 6.09. The standard InChI is InChI=1S/C23H24N2O5/c1-3-15-6-5-7-18-19(12-24-22(15)18)20(26)14-30-21(27)13-25-23(28)16-8-10-17(11-9-16)29-4-2/h5-12,24H,3-4,13-14H2,1-2H3,(H,25,28). The van der Waals surface area contributed by atoms with E-state index in [1.54, 1.807) is 30.5 Å². The molecule has 0 spiro atoms. The zero-order valence-corrected chi connectivity index (χ0v) is 17.0. The van der Waals surface area contributed by atoms with Crippen molar-refractivity contribution in [1.82, 2.24) is 10.3 Å². The number of Topliss-reactive ketones (excluding diaryl/α,β-unsaturated/α-hetero) is 1. The van der Waals surface area contributed by atoms with Gasteiger partial charge in [0.1, 0.15) is 12.3 Å². The summed E-state index contributed by atoms with van der Waals surface area (Å²) in [4.78, 5) is 39.6. The van der Waals surface area contributed by atoms with E-state index in [-0.39, 0.29) is 18.9 Å². The predicted octanol–water partition coefficient (Wildman–Crippen LogP) is 3.28. The Labute approximate surface area is 174 Å². The predicted molar refractivity (Wildman–Crippen MR) is 113 cm³/mol. The van der Waals surface area contributed by atoms with Crippen LogP contribution in [0.5, 0.6) is 5.75 Å². The summed E-state index contributed by atoms with van der Waals surface area (Å²) in [5.41, 5.74) is 2.90. The number of amides is 1. The second-order valence-electron chi connectivity index (χ2n) is 6.62. The number of hydrogen-bond acceptors (Lipinski definition) is 5. The van der Waals surface area contributed by atoms with Crippen LogP contribution in [0.2, 0.25) is 0 Å². The molecule has 7 nitrogen and oxygen atoms in total. The zero-order valence-electron chi connectivity index (χ0n) is 17.0. The van der Waals surface area contributed by atoms with E-state index < -0.39 is 11.9 Å². The van der Waals surface area contributed by atoms with Crippen molar-refractivity contribution < 1.29 is 23.9 Å². The Hall–Kier alpha value is -3.61. The van der Waals surface area contributed by atoms with E-state index in [0.717, 1.165) is 22.9 Å². The minimum atomic E-state index is -0.684. The number of nitrogens with one attached hydrogen (secondary N) is 2. The van der Waals surface area contributed by atoms with Crippen molar-refractivity contribution in [2.24, 2.45) is 0 Å². The van der Waals surface area contributed by atoms with E-state index >= 15 is 0 Å². The highest BCUT2D eigenvalue weighted by Gasteiger charge is 2.16. The molecule has 1 aromatic heterocycles. The van der Waals surface area contributed by atoms with Gasteiger partial charge in [0.25, 0.3) is 5.91 Å². The van der Waals surface area contributed by atoms with Gasteiger partial charge in [0, 0.05) is 28.2 Å². The number of aromatic amines is 1. The average molecular weight is 408 g/mol. The van der Waals surface area contributed by atoms with Gasteiger partial charge in [-0.2, -0.15) is 0 Å². The molecule has 0 fully saturated rings. The number of carbonyl (C=O) groups is 3. The van der Waals surface area contributed by atoms with Gasteiger partial charge in [0.2, 0.25) is 5.78 Å². The number of H-pyrrole nitrogens is 1. The Kier molecular flexibility index (Phi) is 6.85. The Morgan fingerprint density at radius 2 is 1.80 bits per heavy atom. The van der Waals surface area contributed by atoms with Crippen LogP contribution < -0.4 is 10.1 Å². The third-order valence-corrected chi connectivity index (χ3v) is 4.67. The molecule has 2 aromatic carbocycles. The second-order valence-corrected chi connectivity index (χ2v) is 6.62. The first-order valence-electron chi connectivity index (χ1n) is 9.82. The summed E-state index contributed by atoms with van der Waals surface area (Å²) in [5, 5.41) is 3.29. The number of aryl methyl sites for hydroxylation is 1. The number of ether oxygens (including phenoxy) is 2. The van der Waals surface area contributed by atoms with Crippen molar-refractivity contribution in [3.8, 4) is 5.75 Å². The van der Waals surface area contributed by atoms with Crippen LogP contribution in [0.3, 0.4) is 0 Å². The summed E-state index contributed by atoms with van der Waals surface area (Å²) in [5.74, 6) is -0.738. The lowest BCUT2D eigenvalue weighted by Crippen LogP contribution is -2.31. The summed E-state index contributed by atoms with van der Waals surface area (Å²) in [6.07, 6.45) is 2.47. The SMILES string of the molecule is CCOc1ccc(C(=O)NCC(=O)OCC(=O)c2c[nH]c3c(CC)cccc23)cc1. The molecule has 0 saturated carbocycles. The smallest absolute Gasteiger partial charge is 0.325 e. The Bertz CT molecular complexity index is 1050. The van der Waals surface area contributed by atoms with E-state index in [0.29, 0.717) is 23.5 Å². The van der Waals surface area contributed by atoms with Gasteiger partial charge >= 0.3 is 5.97 Å². The molecule has 7 heteroatoms. The number of benzene rings is 2. The van der Waals surface area contributed by atoms with Crippen LogP contribution in [0.15, 0.2) is 48.7 Å². The van der Waals surface area contributed by atoms with Gasteiger partial charge in [0.15, 0.2) is 6.61 Å². The van der Waals surface area contributed by atoms with Crippen LogP contribution in [0.25, 0.3) is 10.9 Å². The van der Waals surface area contributed by atoms with Crippen molar-refractivity contribution in [3.05, 3.63) is 65.4 Å². The zero-order chi connectivity index (χ0) is 21.5. The number of para-hydroxylation sites is 1. The van der Waals surface area contributed by atoms with Gasteiger partial charge < -0.3 is 19.8 Å². The monoisotopic (exact) mass is 408 g/mol. The van der Waals surface area contributed by atoms with Gasteiger partial charge in [-0.05, 0) is 43.2 Å². The molecule has 0 saturated heterocycles.